The summed E-state index contributed by atoms with van der Waals surface area (Å²) in [5.74, 6) is 0.214. The fourth-order valence-corrected chi connectivity index (χ4v) is 4.16. The Bertz CT molecular complexity index is 705. The van der Waals surface area contributed by atoms with Crippen LogP contribution >= 0.6 is 0 Å². The first-order chi connectivity index (χ1) is 13.4. The van der Waals surface area contributed by atoms with E-state index < -0.39 is 12.8 Å². The van der Waals surface area contributed by atoms with E-state index in [2.05, 4.69) is 35.4 Å². The second kappa shape index (κ2) is 8.03. The van der Waals surface area contributed by atoms with Crippen LogP contribution < -0.4 is 9.64 Å². The van der Waals surface area contributed by atoms with E-state index in [-0.39, 0.29) is 22.6 Å². The molecule has 0 saturated carbocycles. The van der Waals surface area contributed by atoms with Crippen molar-refractivity contribution in [1.82, 2.24) is 9.88 Å². The van der Waals surface area contributed by atoms with Crippen LogP contribution in [-0.4, -0.2) is 54.8 Å². The third kappa shape index (κ3) is 6.00. The van der Waals surface area contributed by atoms with E-state index in [9.17, 15) is 18.0 Å². The Kier molecular flexibility index (Phi) is 6.01. The Morgan fingerprint density at radius 3 is 2.34 bits per heavy atom. The van der Waals surface area contributed by atoms with Crippen LogP contribution in [0.5, 0.6) is 5.88 Å². The second-order valence-corrected chi connectivity index (χ2v) is 9.55. The number of aromatic nitrogens is 1. The maximum atomic E-state index is 12.5. The molecule has 1 aromatic heterocycles. The van der Waals surface area contributed by atoms with Crippen molar-refractivity contribution >= 4 is 11.6 Å². The van der Waals surface area contributed by atoms with Crippen LogP contribution in [0, 0.1) is 10.8 Å². The van der Waals surface area contributed by atoms with Gasteiger partial charge in [0.2, 0.25) is 11.8 Å². The minimum atomic E-state index is -4.37. The number of halogens is 3. The zero-order chi connectivity index (χ0) is 21.3. The van der Waals surface area contributed by atoms with E-state index in [1.165, 1.54) is 6.07 Å². The first-order valence-corrected chi connectivity index (χ1v) is 10.1. The van der Waals surface area contributed by atoms with E-state index in [0.717, 1.165) is 51.1 Å². The highest BCUT2D eigenvalue weighted by atomic mass is 19.4. The Morgan fingerprint density at radius 1 is 1.14 bits per heavy atom. The van der Waals surface area contributed by atoms with Crippen molar-refractivity contribution in [3.05, 3.63) is 18.3 Å². The summed E-state index contributed by atoms with van der Waals surface area (Å²) in [6.07, 6.45) is 0.803. The number of likely N-dealkylation sites (tertiary alicyclic amines) is 1. The predicted molar refractivity (Wildman–Crippen MR) is 105 cm³/mol. The van der Waals surface area contributed by atoms with E-state index in [0.29, 0.717) is 6.42 Å². The molecule has 2 saturated heterocycles. The molecule has 2 aliphatic heterocycles. The molecule has 0 N–H and O–H groups in total. The summed E-state index contributed by atoms with van der Waals surface area (Å²) >= 11 is 0. The number of rotatable bonds is 4. The number of piperidine rings is 1. The molecule has 3 rings (SSSR count). The average Bonchev–Trinajstić information content (AvgIpc) is 3.02. The smallest absolute Gasteiger partial charge is 0.422 e. The van der Waals surface area contributed by atoms with Crippen molar-refractivity contribution in [3.63, 3.8) is 0 Å². The molecule has 2 aliphatic rings. The number of anilines is 1. The number of ether oxygens (including phenoxy) is 1. The van der Waals surface area contributed by atoms with E-state index in [1.54, 1.807) is 12.3 Å². The standard InChI is InChI=1S/C21H30F3N3O2/c1-19(2,3)12-18(28)26-9-6-20(7-10-26)8-11-27(14-20)16-4-5-17(25-13-16)29-15-21(22,23)24/h4-5,13H,6-12,14-15H2,1-3H3. The highest BCUT2D eigenvalue weighted by Gasteiger charge is 2.41. The minimum absolute atomic E-state index is 0.000643. The third-order valence-electron chi connectivity index (χ3n) is 5.77. The van der Waals surface area contributed by atoms with Crippen LogP contribution in [0.4, 0.5) is 18.9 Å². The van der Waals surface area contributed by atoms with Crippen molar-refractivity contribution < 1.29 is 22.7 Å². The lowest BCUT2D eigenvalue weighted by Gasteiger charge is -2.40. The van der Waals surface area contributed by atoms with Gasteiger partial charge in [-0.1, -0.05) is 20.8 Å². The van der Waals surface area contributed by atoms with Gasteiger partial charge >= 0.3 is 6.18 Å². The fraction of sp³-hybridized carbons (Fsp3) is 0.714. The number of carbonyl (C=O) groups is 1. The Labute approximate surface area is 170 Å². The van der Waals surface area contributed by atoms with Crippen molar-refractivity contribution in [1.29, 1.82) is 0 Å². The number of pyridine rings is 1. The van der Waals surface area contributed by atoms with Gasteiger partial charge in [-0.3, -0.25) is 4.79 Å². The summed E-state index contributed by atoms with van der Waals surface area (Å²) < 4.78 is 41.4. The van der Waals surface area contributed by atoms with Gasteiger partial charge in [-0.05, 0) is 36.2 Å². The van der Waals surface area contributed by atoms with Crippen LogP contribution in [-0.2, 0) is 4.79 Å². The lowest BCUT2D eigenvalue weighted by atomic mass is 9.77. The van der Waals surface area contributed by atoms with Gasteiger partial charge in [0.05, 0.1) is 11.9 Å². The Morgan fingerprint density at radius 2 is 1.79 bits per heavy atom. The molecule has 162 valence electrons. The zero-order valence-electron chi connectivity index (χ0n) is 17.4. The van der Waals surface area contributed by atoms with Crippen molar-refractivity contribution in [2.75, 3.05) is 37.7 Å². The molecule has 5 nitrogen and oxygen atoms in total. The SMILES string of the molecule is CC(C)(C)CC(=O)N1CCC2(CC1)CCN(c1ccc(OCC(F)(F)F)nc1)C2. The van der Waals surface area contributed by atoms with Crippen LogP contribution in [0.2, 0.25) is 0 Å². The lowest BCUT2D eigenvalue weighted by molar-refractivity contribution is -0.154. The normalized spacial score (nSPS) is 19.7. The number of hydrogen-bond donors (Lipinski definition) is 0. The summed E-state index contributed by atoms with van der Waals surface area (Å²) in [5, 5.41) is 0. The van der Waals surface area contributed by atoms with Crippen LogP contribution in [0.15, 0.2) is 18.3 Å². The third-order valence-corrected chi connectivity index (χ3v) is 5.77. The number of nitrogens with zero attached hydrogens (tertiary/aromatic N) is 3. The van der Waals surface area contributed by atoms with Crippen LogP contribution in [0.3, 0.4) is 0 Å². The summed E-state index contributed by atoms with van der Waals surface area (Å²) in [5.41, 5.74) is 1.09. The molecule has 2 fully saturated rings. The van der Waals surface area contributed by atoms with Crippen LogP contribution in [0.25, 0.3) is 0 Å². The van der Waals surface area contributed by atoms with E-state index in [1.807, 2.05) is 4.90 Å². The minimum Gasteiger partial charge on any atom is -0.468 e. The summed E-state index contributed by atoms with van der Waals surface area (Å²) in [7, 11) is 0. The Balaban J connectivity index is 1.52. The quantitative estimate of drug-likeness (QED) is 0.739. The molecule has 8 heteroatoms. The van der Waals surface area contributed by atoms with Crippen molar-refractivity contribution in [3.8, 4) is 5.88 Å². The molecular formula is C21H30F3N3O2. The van der Waals surface area contributed by atoms with Gasteiger partial charge < -0.3 is 14.5 Å². The molecule has 3 heterocycles. The first-order valence-electron chi connectivity index (χ1n) is 10.1. The summed E-state index contributed by atoms with van der Waals surface area (Å²) in [6.45, 7) is 8.28. The maximum absolute atomic E-state index is 12.5. The lowest BCUT2D eigenvalue weighted by Crippen LogP contribution is -2.45. The molecule has 1 amide bonds. The molecule has 29 heavy (non-hydrogen) atoms. The monoisotopic (exact) mass is 413 g/mol. The fourth-order valence-electron chi connectivity index (χ4n) is 4.16. The molecule has 0 bridgehead atoms. The predicted octanol–water partition coefficient (Wildman–Crippen LogP) is 4.28. The largest absolute Gasteiger partial charge is 0.468 e. The van der Waals surface area contributed by atoms with Crippen LogP contribution in [0.1, 0.15) is 46.5 Å². The molecule has 0 atom stereocenters. The van der Waals surface area contributed by atoms with Gasteiger partial charge in [-0.2, -0.15) is 13.2 Å². The molecule has 0 radical (unpaired) electrons. The van der Waals surface area contributed by atoms with E-state index in [4.69, 9.17) is 0 Å². The number of carbonyl (C=O) groups excluding carboxylic acids is 1. The van der Waals surface area contributed by atoms with Gasteiger partial charge in [0, 0.05) is 38.7 Å². The van der Waals surface area contributed by atoms with Crippen molar-refractivity contribution in [2.24, 2.45) is 10.8 Å². The second-order valence-electron chi connectivity index (χ2n) is 9.55. The van der Waals surface area contributed by atoms with Gasteiger partial charge in [-0.25, -0.2) is 4.98 Å². The molecule has 1 aromatic rings. The topological polar surface area (TPSA) is 45.7 Å². The molecule has 0 aromatic carbocycles. The molecule has 0 unspecified atom stereocenters. The summed E-state index contributed by atoms with van der Waals surface area (Å²) in [4.78, 5) is 20.7. The number of hydrogen-bond acceptors (Lipinski definition) is 4. The highest BCUT2D eigenvalue weighted by molar-refractivity contribution is 5.77. The van der Waals surface area contributed by atoms with Gasteiger partial charge in [0.1, 0.15) is 0 Å². The van der Waals surface area contributed by atoms with Crippen molar-refractivity contribution in [2.45, 2.75) is 52.6 Å². The van der Waals surface area contributed by atoms with Gasteiger partial charge in [0.15, 0.2) is 6.61 Å². The first kappa shape index (κ1) is 21.7. The molecular weight excluding hydrogens is 383 g/mol. The molecule has 0 aliphatic carbocycles. The van der Waals surface area contributed by atoms with E-state index >= 15 is 0 Å². The number of alkyl halides is 3. The van der Waals surface area contributed by atoms with Gasteiger partial charge in [-0.15, -0.1) is 0 Å². The van der Waals surface area contributed by atoms with Gasteiger partial charge in [0.25, 0.3) is 0 Å². The zero-order valence-corrected chi connectivity index (χ0v) is 17.4. The Hall–Kier alpha value is -1.99. The summed E-state index contributed by atoms with van der Waals surface area (Å²) in [6, 6.07) is 3.25. The average molecular weight is 413 g/mol. The molecule has 1 spiro atoms. The highest BCUT2D eigenvalue weighted by Crippen LogP contribution is 2.42. The number of amides is 1. The maximum Gasteiger partial charge on any atom is 0.422 e.